The van der Waals surface area contributed by atoms with Crippen LogP contribution in [0.5, 0.6) is 0 Å². The molecule has 2 heterocycles. The van der Waals surface area contributed by atoms with Gasteiger partial charge in [-0.2, -0.15) is 0 Å². The number of hydrogen-bond donors (Lipinski definition) is 1. The van der Waals surface area contributed by atoms with Crippen LogP contribution in [0.4, 0.5) is 11.5 Å². The first-order valence-electron chi connectivity index (χ1n) is 10.7. The van der Waals surface area contributed by atoms with E-state index >= 15 is 0 Å². The molecule has 176 valence electrons. The molecule has 0 saturated carbocycles. The molecular formula is C25H21N5O5. The van der Waals surface area contributed by atoms with Crippen LogP contribution in [-0.4, -0.2) is 37.9 Å². The summed E-state index contributed by atoms with van der Waals surface area (Å²) in [6, 6.07) is 13.1. The highest BCUT2D eigenvalue weighted by Gasteiger charge is 2.27. The molecule has 0 atom stereocenters. The number of amides is 1. The number of carbonyl (C=O) groups excluding carboxylic acids is 2. The Morgan fingerprint density at radius 1 is 1.17 bits per heavy atom. The molecule has 10 nitrogen and oxygen atoms in total. The molecule has 0 aliphatic rings. The van der Waals surface area contributed by atoms with Gasteiger partial charge in [-0.1, -0.05) is 30.3 Å². The number of fused-ring (bicyclic) bond motifs is 2. The Balaban J connectivity index is 1.80. The summed E-state index contributed by atoms with van der Waals surface area (Å²) in [5.74, 6) is -1.04. The van der Waals surface area contributed by atoms with Gasteiger partial charge in [0.1, 0.15) is 16.9 Å². The maximum Gasteiger partial charge on any atom is 0.344 e. The number of benzene rings is 2. The van der Waals surface area contributed by atoms with Gasteiger partial charge in [0.05, 0.1) is 22.6 Å². The topological polar surface area (TPSA) is 129 Å². The van der Waals surface area contributed by atoms with Crippen molar-refractivity contribution in [2.75, 3.05) is 11.9 Å². The van der Waals surface area contributed by atoms with Gasteiger partial charge in [-0.05, 0) is 30.7 Å². The zero-order chi connectivity index (χ0) is 24.9. The molecule has 2 aromatic heterocycles. The number of esters is 1. The van der Waals surface area contributed by atoms with E-state index in [1.807, 2.05) is 12.1 Å². The molecule has 1 amide bonds. The van der Waals surface area contributed by atoms with E-state index in [1.165, 1.54) is 30.4 Å². The zero-order valence-corrected chi connectivity index (χ0v) is 18.8. The highest BCUT2D eigenvalue weighted by Crippen LogP contribution is 2.31. The lowest BCUT2D eigenvalue weighted by Crippen LogP contribution is -2.16. The number of para-hydroxylation sites is 2. The predicted octanol–water partition coefficient (Wildman–Crippen LogP) is 4.51. The van der Waals surface area contributed by atoms with Crippen LogP contribution in [0.15, 0.2) is 67.3 Å². The highest BCUT2D eigenvalue weighted by atomic mass is 16.6. The minimum Gasteiger partial charge on any atom is -0.462 e. The molecule has 0 aliphatic heterocycles. The van der Waals surface area contributed by atoms with Gasteiger partial charge in [-0.15, -0.1) is 6.58 Å². The number of non-ortho nitro benzene ring substituents is 1. The van der Waals surface area contributed by atoms with Crippen molar-refractivity contribution in [2.24, 2.45) is 0 Å². The SMILES string of the molecule is C=CCn1c(NC(=O)/C=C/c2cccc([N+](=O)[O-])c2)c(C(=O)OCC)c2nc3ccccc3nc21. The van der Waals surface area contributed by atoms with Crippen molar-refractivity contribution >= 4 is 51.7 Å². The molecule has 0 fully saturated rings. The minimum atomic E-state index is -0.650. The fraction of sp³-hybridized carbons (Fsp3) is 0.120. The summed E-state index contributed by atoms with van der Waals surface area (Å²) in [6.07, 6.45) is 4.28. The summed E-state index contributed by atoms with van der Waals surface area (Å²) in [4.78, 5) is 45.5. The second-order valence-electron chi connectivity index (χ2n) is 7.40. The first kappa shape index (κ1) is 23.3. The van der Waals surface area contributed by atoms with E-state index in [9.17, 15) is 19.7 Å². The molecule has 0 saturated heterocycles. The summed E-state index contributed by atoms with van der Waals surface area (Å²) in [5, 5.41) is 13.7. The number of rotatable bonds is 8. The van der Waals surface area contributed by atoms with Crippen molar-refractivity contribution in [1.29, 1.82) is 0 Å². The number of nitrogens with one attached hydrogen (secondary N) is 1. The third-order valence-electron chi connectivity index (χ3n) is 5.09. The lowest BCUT2D eigenvalue weighted by Gasteiger charge is -2.10. The van der Waals surface area contributed by atoms with Gasteiger partial charge in [0.25, 0.3) is 5.69 Å². The Kier molecular flexibility index (Phi) is 6.63. The van der Waals surface area contributed by atoms with Crippen molar-refractivity contribution in [3.63, 3.8) is 0 Å². The van der Waals surface area contributed by atoms with Crippen molar-refractivity contribution < 1.29 is 19.2 Å². The van der Waals surface area contributed by atoms with Crippen LogP contribution < -0.4 is 5.32 Å². The largest absolute Gasteiger partial charge is 0.462 e. The molecule has 0 unspecified atom stereocenters. The van der Waals surface area contributed by atoms with Crippen LogP contribution in [0.3, 0.4) is 0 Å². The normalized spacial score (nSPS) is 11.1. The van der Waals surface area contributed by atoms with Crippen LogP contribution in [0.1, 0.15) is 22.8 Å². The maximum atomic E-state index is 12.9. The van der Waals surface area contributed by atoms with Crippen molar-refractivity contribution in [3.05, 3.63) is 88.5 Å². The van der Waals surface area contributed by atoms with E-state index in [4.69, 9.17) is 4.74 Å². The average molecular weight is 471 g/mol. The molecule has 4 aromatic rings. The van der Waals surface area contributed by atoms with Gasteiger partial charge in [-0.3, -0.25) is 14.9 Å². The van der Waals surface area contributed by atoms with Crippen LogP contribution in [-0.2, 0) is 16.1 Å². The lowest BCUT2D eigenvalue weighted by atomic mass is 10.2. The second-order valence-corrected chi connectivity index (χ2v) is 7.40. The van der Waals surface area contributed by atoms with Crippen LogP contribution in [0.2, 0.25) is 0 Å². The summed E-state index contributed by atoms with van der Waals surface area (Å²) in [7, 11) is 0. The third kappa shape index (κ3) is 4.76. The van der Waals surface area contributed by atoms with E-state index in [2.05, 4.69) is 21.9 Å². The number of anilines is 1. The summed E-state index contributed by atoms with van der Waals surface area (Å²) in [5.41, 5.74) is 2.37. The number of hydrogen-bond acceptors (Lipinski definition) is 7. The first-order chi connectivity index (χ1) is 16.9. The Morgan fingerprint density at radius 2 is 1.91 bits per heavy atom. The summed E-state index contributed by atoms with van der Waals surface area (Å²) >= 11 is 0. The van der Waals surface area contributed by atoms with Crippen LogP contribution in [0, 0.1) is 10.1 Å². The van der Waals surface area contributed by atoms with E-state index in [0.29, 0.717) is 27.8 Å². The summed E-state index contributed by atoms with van der Waals surface area (Å²) < 4.78 is 6.88. The van der Waals surface area contributed by atoms with Gasteiger partial charge in [0, 0.05) is 24.8 Å². The lowest BCUT2D eigenvalue weighted by molar-refractivity contribution is -0.384. The number of nitro benzene ring substituents is 1. The van der Waals surface area contributed by atoms with Gasteiger partial charge in [-0.25, -0.2) is 14.8 Å². The molecule has 10 heteroatoms. The fourth-order valence-corrected chi connectivity index (χ4v) is 3.61. The number of aromatic nitrogens is 3. The third-order valence-corrected chi connectivity index (χ3v) is 5.09. The summed E-state index contributed by atoms with van der Waals surface area (Å²) in [6.45, 7) is 5.83. The van der Waals surface area contributed by atoms with E-state index in [-0.39, 0.29) is 30.2 Å². The van der Waals surface area contributed by atoms with E-state index in [0.717, 1.165) is 0 Å². The number of carbonyl (C=O) groups is 2. The fourth-order valence-electron chi connectivity index (χ4n) is 3.61. The number of ether oxygens (including phenoxy) is 1. The van der Waals surface area contributed by atoms with E-state index in [1.54, 1.807) is 35.8 Å². The monoisotopic (exact) mass is 471 g/mol. The first-order valence-corrected chi connectivity index (χ1v) is 10.7. The van der Waals surface area contributed by atoms with Gasteiger partial charge >= 0.3 is 5.97 Å². The van der Waals surface area contributed by atoms with Crippen LogP contribution in [0.25, 0.3) is 28.3 Å². The van der Waals surface area contributed by atoms with Crippen molar-refractivity contribution in [1.82, 2.24) is 14.5 Å². The zero-order valence-electron chi connectivity index (χ0n) is 18.8. The van der Waals surface area contributed by atoms with Gasteiger partial charge in [0.15, 0.2) is 5.65 Å². The molecule has 2 aromatic carbocycles. The molecule has 0 radical (unpaired) electrons. The van der Waals surface area contributed by atoms with Crippen LogP contribution >= 0.6 is 0 Å². The molecule has 0 spiro atoms. The van der Waals surface area contributed by atoms with Crippen molar-refractivity contribution in [3.8, 4) is 0 Å². The molecule has 0 bridgehead atoms. The maximum absolute atomic E-state index is 12.9. The molecule has 4 rings (SSSR count). The minimum absolute atomic E-state index is 0.0825. The Bertz CT molecular complexity index is 1510. The molecule has 35 heavy (non-hydrogen) atoms. The van der Waals surface area contributed by atoms with Crippen molar-refractivity contribution in [2.45, 2.75) is 13.5 Å². The Morgan fingerprint density at radius 3 is 2.60 bits per heavy atom. The predicted molar refractivity (Wildman–Crippen MR) is 132 cm³/mol. The Hall–Kier alpha value is -4.86. The second kappa shape index (κ2) is 9.96. The number of allylic oxidation sites excluding steroid dienone is 1. The van der Waals surface area contributed by atoms with Gasteiger partial charge in [0.2, 0.25) is 5.91 Å². The molecule has 1 N–H and O–H groups in total. The number of nitrogens with zero attached hydrogens (tertiary/aromatic N) is 4. The number of nitro groups is 1. The average Bonchev–Trinajstić information content (AvgIpc) is 3.13. The molecule has 0 aliphatic carbocycles. The quantitative estimate of drug-likeness (QED) is 0.132. The standard InChI is InChI=1S/C25H21N5O5/c1-3-14-29-23(28-20(31)13-12-16-8-7-9-17(15-16)30(33)34)21(25(32)35-4-2)22-24(29)27-19-11-6-5-10-18(19)26-22/h3,5-13,15H,1,4,14H2,2H3,(H,28,31)/b13-12+. The van der Waals surface area contributed by atoms with Gasteiger partial charge < -0.3 is 14.6 Å². The Labute approximate surface area is 199 Å². The highest BCUT2D eigenvalue weighted by molar-refractivity contribution is 6.13. The molecular weight excluding hydrogens is 450 g/mol. The smallest absolute Gasteiger partial charge is 0.344 e. The van der Waals surface area contributed by atoms with E-state index < -0.39 is 16.8 Å².